The minimum Gasteiger partial charge on any atom is -0.367 e. The van der Waals surface area contributed by atoms with Gasteiger partial charge in [0.1, 0.15) is 0 Å². The third-order valence-corrected chi connectivity index (χ3v) is 5.53. The van der Waals surface area contributed by atoms with E-state index in [1.807, 2.05) is 0 Å². The molecule has 0 saturated heterocycles. The van der Waals surface area contributed by atoms with E-state index in [2.05, 4.69) is 55.3 Å². The molecule has 3 rings (SSSR count). The molecular weight excluding hydrogens is 256 g/mol. The summed E-state index contributed by atoms with van der Waals surface area (Å²) in [4.78, 5) is 2.73. The van der Waals surface area contributed by atoms with Gasteiger partial charge in [0.25, 0.3) is 0 Å². The van der Waals surface area contributed by atoms with Gasteiger partial charge in [-0.3, -0.25) is 0 Å². The highest BCUT2D eigenvalue weighted by molar-refractivity contribution is 5.55. The van der Waals surface area contributed by atoms with Gasteiger partial charge in [0, 0.05) is 31.4 Å². The molecule has 1 aliphatic carbocycles. The second-order valence-electron chi connectivity index (χ2n) is 7.39. The summed E-state index contributed by atoms with van der Waals surface area (Å²) in [5.41, 5.74) is 2.95. The second-order valence-corrected chi connectivity index (χ2v) is 7.39. The van der Waals surface area contributed by atoms with E-state index >= 15 is 0 Å². The first kappa shape index (κ1) is 14.9. The van der Waals surface area contributed by atoms with Crippen LogP contribution in [0.4, 0.5) is 5.69 Å². The lowest BCUT2D eigenvalue weighted by molar-refractivity contribution is 0.191. The summed E-state index contributed by atoms with van der Waals surface area (Å²) < 4.78 is 0. The van der Waals surface area contributed by atoms with Crippen LogP contribution in [0.2, 0.25) is 0 Å². The fraction of sp³-hybridized carbons (Fsp3) is 0.684. The monoisotopic (exact) mass is 286 g/mol. The summed E-state index contributed by atoms with van der Waals surface area (Å²) in [6, 6.07) is 9.71. The number of benzene rings is 1. The summed E-state index contributed by atoms with van der Waals surface area (Å²) in [6.07, 6.45) is 4.17. The lowest BCUT2D eigenvalue weighted by atomic mass is 9.73. The highest BCUT2D eigenvalue weighted by Crippen LogP contribution is 2.39. The smallest absolute Gasteiger partial charge is 0.0414 e. The van der Waals surface area contributed by atoms with Crippen molar-refractivity contribution < 1.29 is 0 Å². The Kier molecular flexibility index (Phi) is 4.54. The molecule has 1 fully saturated rings. The lowest BCUT2D eigenvalue weighted by Gasteiger charge is -2.45. The van der Waals surface area contributed by atoms with E-state index in [1.54, 1.807) is 0 Å². The zero-order chi connectivity index (χ0) is 14.8. The molecule has 1 saturated carbocycles. The van der Waals surface area contributed by atoms with Crippen molar-refractivity contribution in [3.8, 4) is 0 Å². The van der Waals surface area contributed by atoms with Crippen LogP contribution in [0.25, 0.3) is 0 Å². The first-order valence-corrected chi connectivity index (χ1v) is 8.72. The van der Waals surface area contributed by atoms with Crippen LogP contribution < -0.4 is 10.2 Å². The van der Waals surface area contributed by atoms with Gasteiger partial charge in [0.15, 0.2) is 0 Å². The Morgan fingerprint density at radius 1 is 1.19 bits per heavy atom. The molecule has 0 aromatic heterocycles. The number of nitrogens with zero attached hydrogens (tertiary/aromatic N) is 1. The fourth-order valence-electron chi connectivity index (χ4n) is 4.34. The van der Waals surface area contributed by atoms with Crippen LogP contribution in [0.5, 0.6) is 0 Å². The summed E-state index contributed by atoms with van der Waals surface area (Å²) in [6.45, 7) is 10.5. The van der Waals surface area contributed by atoms with Crippen molar-refractivity contribution in [2.45, 2.75) is 52.6 Å². The van der Waals surface area contributed by atoms with Crippen LogP contribution in [0.3, 0.4) is 0 Å². The molecule has 2 nitrogen and oxygen atoms in total. The SMILES string of the molecule is CC1CCC(C(C)C)C(N2CCNCc3ccccc32)C1. The standard InChI is InChI=1S/C19H30N2/c1-14(2)17-9-8-15(3)12-19(17)21-11-10-20-13-16-6-4-5-7-18(16)21/h4-7,14-15,17,19-20H,8-13H2,1-3H3. The Hall–Kier alpha value is -1.02. The van der Waals surface area contributed by atoms with E-state index < -0.39 is 0 Å². The average molecular weight is 286 g/mol. The molecule has 0 spiro atoms. The number of para-hydroxylation sites is 1. The highest BCUT2D eigenvalue weighted by atomic mass is 15.2. The molecule has 21 heavy (non-hydrogen) atoms. The van der Waals surface area contributed by atoms with Crippen molar-refractivity contribution in [3.63, 3.8) is 0 Å². The Balaban J connectivity index is 1.93. The maximum absolute atomic E-state index is 3.59. The topological polar surface area (TPSA) is 15.3 Å². The summed E-state index contributed by atoms with van der Waals surface area (Å²) >= 11 is 0. The normalized spacial score (nSPS) is 30.1. The molecule has 1 aromatic carbocycles. The molecule has 0 bridgehead atoms. The van der Waals surface area contributed by atoms with E-state index in [-0.39, 0.29) is 0 Å². The van der Waals surface area contributed by atoms with Crippen molar-refractivity contribution >= 4 is 5.69 Å². The molecule has 2 heteroatoms. The van der Waals surface area contributed by atoms with Crippen molar-refractivity contribution in [2.24, 2.45) is 17.8 Å². The van der Waals surface area contributed by atoms with Gasteiger partial charge in [-0.1, -0.05) is 45.4 Å². The maximum Gasteiger partial charge on any atom is 0.0414 e. The number of hydrogen-bond donors (Lipinski definition) is 1. The van der Waals surface area contributed by atoms with Crippen LogP contribution in [-0.4, -0.2) is 19.1 Å². The third kappa shape index (κ3) is 3.11. The Bertz CT molecular complexity index is 468. The Morgan fingerprint density at radius 3 is 2.81 bits per heavy atom. The van der Waals surface area contributed by atoms with Crippen molar-refractivity contribution in [3.05, 3.63) is 29.8 Å². The molecule has 1 N–H and O–H groups in total. The Morgan fingerprint density at radius 2 is 2.00 bits per heavy atom. The zero-order valence-corrected chi connectivity index (χ0v) is 13.8. The molecule has 0 radical (unpaired) electrons. The van der Waals surface area contributed by atoms with Crippen LogP contribution in [0, 0.1) is 17.8 Å². The molecule has 1 aromatic rings. The van der Waals surface area contributed by atoms with Crippen LogP contribution in [0.1, 0.15) is 45.6 Å². The second kappa shape index (κ2) is 6.39. The minimum atomic E-state index is 0.717. The van der Waals surface area contributed by atoms with Gasteiger partial charge in [0.2, 0.25) is 0 Å². The number of nitrogens with one attached hydrogen (secondary N) is 1. The van der Waals surface area contributed by atoms with Crippen molar-refractivity contribution in [1.29, 1.82) is 0 Å². The van der Waals surface area contributed by atoms with Crippen molar-refractivity contribution in [2.75, 3.05) is 18.0 Å². The maximum atomic E-state index is 3.59. The van der Waals surface area contributed by atoms with Gasteiger partial charge in [-0.15, -0.1) is 0 Å². The van der Waals surface area contributed by atoms with E-state index in [0.717, 1.165) is 43.4 Å². The largest absolute Gasteiger partial charge is 0.367 e. The molecule has 3 unspecified atom stereocenters. The van der Waals surface area contributed by atoms with Crippen LogP contribution in [-0.2, 0) is 6.54 Å². The first-order chi connectivity index (χ1) is 10.2. The summed E-state index contributed by atoms with van der Waals surface area (Å²) in [5.74, 6) is 2.49. The molecule has 0 amide bonds. The lowest BCUT2D eigenvalue weighted by Crippen LogP contribution is -2.47. The average Bonchev–Trinajstić information content (AvgIpc) is 2.69. The van der Waals surface area contributed by atoms with Gasteiger partial charge >= 0.3 is 0 Å². The van der Waals surface area contributed by atoms with Crippen LogP contribution in [0.15, 0.2) is 24.3 Å². The number of hydrogen-bond acceptors (Lipinski definition) is 2. The Labute approximate surface area is 129 Å². The number of fused-ring (bicyclic) bond motifs is 1. The number of rotatable bonds is 2. The molecule has 3 atom stereocenters. The molecular formula is C19H30N2. The molecule has 1 heterocycles. The van der Waals surface area contributed by atoms with Crippen molar-refractivity contribution in [1.82, 2.24) is 5.32 Å². The predicted octanol–water partition coefficient (Wildman–Crippen LogP) is 4.06. The summed E-state index contributed by atoms with van der Waals surface area (Å²) in [7, 11) is 0. The minimum absolute atomic E-state index is 0.717. The molecule has 2 aliphatic rings. The van der Waals surface area contributed by atoms with E-state index in [0.29, 0.717) is 0 Å². The molecule has 1 aliphatic heterocycles. The van der Waals surface area contributed by atoms with Gasteiger partial charge in [-0.05, 0) is 42.2 Å². The van der Waals surface area contributed by atoms with Gasteiger partial charge in [-0.2, -0.15) is 0 Å². The van der Waals surface area contributed by atoms with E-state index in [1.165, 1.54) is 30.5 Å². The highest BCUT2D eigenvalue weighted by Gasteiger charge is 2.35. The summed E-state index contributed by atoms with van der Waals surface area (Å²) in [5, 5.41) is 3.59. The van der Waals surface area contributed by atoms with Gasteiger partial charge in [0.05, 0.1) is 0 Å². The predicted molar refractivity (Wildman–Crippen MR) is 90.6 cm³/mol. The van der Waals surface area contributed by atoms with E-state index in [9.17, 15) is 0 Å². The quantitative estimate of drug-likeness (QED) is 0.882. The third-order valence-electron chi connectivity index (χ3n) is 5.53. The van der Waals surface area contributed by atoms with Gasteiger partial charge < -0.3 is 10.2 Å². The fourth-order valence-corrected chi connectivity index (χ4v) is 4.34. The number of anilines is 1. The van der Waals surface area contributed by atoms with Crippen LogP contribution >= 0.6 is 0 Å². The molecule has 116 valence electrons. The van der Waals surface area contributed by atoms with E-state index in [4.69, 9.17) is 0 Å². The van der Waals surface area contributed by atoms with Gasteiger partial charge in [-0.25, -0.2) is 0 Å². The zero-order valence-electron chi connectivity index (χ0n) is 13.8. The first-order valence-electron chi connectivity index (χ1n) is 8.72.